The summed E-state index contributed by atoms with van der Waals surface area (Å²) < 4.78 is 5.15. The quantitative estimate of drug-likeness (QED) is 0.787. The van der Waals surface area contributed by atoms with Gasteiger partial charge in [0, 0.05) is 7.11 Å². The van der Waals surface area contributed by atoms with Gasteiger partial charge in [0.2, 0.25) is 0 Å². The third kappa shape index (κ3) is 4.37. The van der Waals surface area contributed by atoms with Gasteiger partial charge < -0.3 is 15.2 Å². The first-order valence-electron chi connectivity index (χ1n) is 6.21. The second-order valence-corrected chi connectivity index (χ2v) is 4.21. The summed E-state index contributed by atoms with van der Waals surface area (Å²) in [4.78, 5) is 23.1. The molecule has 19 heavy (non-hydrogen) atoms. The topological polar surface area (TPSA) is 75.6 Å². The Balaban J connectivity index is 2.76. The zero-order valence-corrected chi connectivity index (χ0v) is 11.1. The van der Waals surface area contributed by atoms with Crippen molar-refractivity contribution in [3.8, 4) is 0 Å². The number of aliphatic carboxylic acids is 1. The SMILES string of the molecule is CCCC(NC(=O)[C@H](OC)c1ccccc1)C(=O)O. The summed E-state index contributed by atoms with van der Waals surface area (Å²) in [6, 6.07) is 8.10. The molecule has 0 saturated carbocycles. The van der Waals surface area contributed by atoms with Crippen LogP contribution in [0.4, 0.5) is 0 Å². The zero-order valence-electron chi connectivity index (χ0n) is 11.1. The first-order valence-corrected chi connectivity index (χ1v) is 6.21. The van der Waals surface area contributed by atoms with Crippen LogP contribution in [0.5, 0.6) is 0 Å². The van der Waals surface area contributed by atoms with Gasteiger partial charge in [-0.25, -0.2) is 4.79 Å². The highest BCUT2D eigenvalue weighted by atomic mass is 16.5. The maximum Gasteiger partial charge on any atom is 0.326 e. The van der Waals surface area contributed by atoms with Crippen LogP contribution in [0.2, 0.25) is 0 Å². The molecule has 0 aliphatic heterocycles. The second-order valence-electron chi connectivity index (χ2n) is 4.21. The molecule has 0 aromatic heterocycles. The Morgan fingerprint density at radius 2 is 1.95 bits per heavy atom. The third-order valence-electron chi connectivity index (χ3n) is 2.77. The van der Waals surface area contributed by atoms with Crippen molar-refractivity contribution >= 4 is 11.9 Å². The number of carboxylic acids is 1. The van der Waals surface area contributed by atoms with Crippen molar-refractivity contribution in [1.82, 2.24) is 5.32 Å². The van der Waals surface area contributed by atoms with Gasteiger partial charge in [-0.1, -0.05) is 43.7 Å². The summed E-state index contributed by atoms with van der Waals surface area (Å²) in [5.41, 5.74) is 0.697. The van der Waals surface area contributed by atoms with E-state index in [0.29, 0.717) is 18.4 Å². The number of amides is 1. The Morgan fingerprint density at radius 3 is 2.42 bits per heavy atom. The highest BCUT2D eigenvalue weighted by molar-refractivity contribution is 5.87. The predicted octanol–water partition coefficient (Wildman–Crippen LogP) is 1.74. The molecule has 1 amide bonds. The van der Waals surface area contributed by atoms with Gasteiger partial charge in [-0.3, -0.25) is 4.79 Å². The van der Waals surface area contributed by atoms with E-state index >= 15 is 0 Å². The summed E-state index contributed by atoms with van der Waals surface area (Å²) in [6.07, 6.45) is 0.284. The van der Waals surface area contributed by atoms with Crippen LogP contribution in [0.25, 0.3) is 0 Å². The van der Waals surface area contributed by atoms with E-state index in [1.165, 1.54) is 7.11 Å². The standard InChI is InChI=1S/C14H19NO4/c1-3-7-11(14(17)18)15-13(16)12(19-2)10-8-5-4-6-9-10/h4-6,8-9,11-12H,3,7H2,1-2H3,(H,15,16)(H,17,18)/t11?,12-/m1/s1. The lowest BCUT2D eigenvalue weighted by molar-refractivity contribution is -0.144. The molecule has 0 aliphatic rings. The van der Waals surface area contributed by atoms with Gasteiger partial charge in [0.15, 0.2) is 6.10 Å². The Bertz CT molecular complexity index is 419. The minimum Gasteiger partial charge on any atom is -0.480 e. The number of hydrogen-bond donors (Lipinski definition) is 2. The first kappa shape index (κ1) is 15.2. The summed E-state index contributed by atoms with van der Waals surface area (Å²) in [7, 11) is 1.42. The van der Waals surface area contributed by atoms with E-state index in [-0.39, 0.29) is 0 Å². The molecule has 1 rings (SSSR count). The fourth-order valence-electron chi connectivity index (χ4n) is 1.82. The largest absolute Gasteiger partial charge is 0.480 e. The van der Waals surface area contributed by atoms with Crippen LogP contribution < -0.4 is 5.32 Å². The minimum absolute atomic E-state index is 0.395. The molecule has 1 aromatic carbocycles. The van der Waals surface area contributed by atoms with Crippen molar-refractivity contribution in [2.45, 2.75) is 31.9 Å². The average Bonchev–Trinajstić information content (AvgIpc) is 2.40. The molecule has 2 N–H and O–H groups in total. The molecule has 1 aromatic rings. The molecule has 0 aliphatic carbocycles. The van der Waals surface area contributed by atoms with E-state index in [9.17, 15) is 9.59 Å². The second kappa shape index (κ2) is 7.53. The van der Waals surface area contributed by atoms with Gasteiger partial charge in [0.1, 0.15) is 6.04 Å². The number of benzene rings is 1. The predicted molar refractivity (Wildman–Crippen MR) is 70.7 cm³/mol. The summed E-state index contributed by atoms with van der Waals surface area (Å²) in [6.45, 7) is 1.87. The van der Waals surface area contributed by atoms with Crippen LogP contribution in [-0.2, 0) is 14.3 Å². The van der Waals surface area contributed by atoms with Crippen molar-refractivity contribution in [1.29, 1.82) is 0 Å². The normalized spacial score (nSPS) is 13.6. The Hall–Kier alpha value is -1.88. The highest BCUT2D eigenvalue weighted by Crippen LogP contribution is 2.16. The third-order valence-corrected chi connectivity index (χ3v) is 2.77. The van der Waals surface area contributed by atoms with Gasteiger partial charge >= 0.3 is 5.97 Å². The molecular formula is C14H19NO4. The Morgan fingerprint density at radius 1 is 1.32 bits per heavy atom. The molecule has 0 saturated heterocycles. The van der Waals surface area contributed by atoms with Gasteiger partial charge in [-0.2, -0.15) is 0 Å². The fourth-order valence-corrected chi connectivity index (χ4v) is 1.82. The number of methoxy groups -OCH3 is 1. The summed E-state index contributed by atoms with van der Waals surface area (Å²) in [5.74, 6) is -1.47. The first-order chi connectivity index (χ1) is 9.10. The van der Waals surface area contributed by atoms with Crippen LogP contribution in [-0.4, -0.2) is 30.1 Å². The zero-order chi connectivity index (χ0) is 14.3. The van der Waals surface area contributed by atoms with Crippen molar-refractivity contribution in [3.05, 3.63) is 35.9 Å². The van der Waals surface area contributed by atoms with Gasteiger partial charge in [-0.05, 0) is 12.0 Å². The van der Waals surface area contributed by atoms with Crippen LogP contribution in [0, 0.1) is 0 Å². The number of ether oxygens (including phenoxy) is 1. The number of rotatable bonds is 7. The maximum atomic E-state index is 12.1. The highest BCUT2D eigenvalue weighted by Gasteiger charge is 2.25. The van der Waals surface area contributed by atoms with E-state index in [1.807, 2.05) is 13.0 Å². The lowest BCUT2D eigenvalue weighted by Gasteiger charge is -2.19. The monoisotopic (exact) mass is 265 g/mol. The number of nitrogens with one attached hydrogen (secondary N) is 1. The number of carboxylic acid groups (broad SMARTS) is 1. The molecule has 0 heterocycles. The Labute approximate surface area is 112 Å². The average molecular weight is 265 g/mol. The lowest BCUT2D eigenvalue weighted by atomic mass is 10.1. The number of hydrogen-bond acceptors (Lipinski definition) is 3. The van der Waals surface area contributed by atoms with E-state index < -0.39 is 24.0 Å². The van der Waals surface area contributed by atoms with Crippen LogP contribution in [0.15, 0.2) is 30.3 Å². The van der Waals surface area contributed by atoms with Crippen molar-refractivity contribution in [2.75, 3.05) is 7.11 Å². The van der Waals surface area contributed by atoms with E-state index in [1.54, 1.807) is 24.3 Å². The van der Waals surface area contributed by atoms with Gasteiger partial charge in [0.05, 0.1) is 0 Å². The van der Waals surface area contributed by atoms with Gasteiger partial charge in [-0.15, -0.1) is 0 Å². The van der Waals surface area contributed by atoms with Crippen molar-refractivity contribution < 1.29 is 19.4 Å². The van der Waals surface area contributed by atoms with Crippen LogP contribution in [0.3, 0.4) is 0 Å². The number of carbonyl (C=O) groups excluding carboxylic acids is 1. The number of carbonyl (C=O) groups is 2. The lowest BCUT2D eigenvalue weighted by Crippen LogP contribution is -2.43. The van der Waals surface area contributed by atoms with Gasteiger partial charge in [0.25, 0.3) is 5.91 Å². The van der Waals surface area contributed by atoms with Crippen LogP contribution >= 0.6 is 0 Å². The molecule has 0 spiro atoms. The molecule has 0 radical (unpaired) electrons. The molecule has 0 bridgehead atoms. The molecule has 5 heteroatoms. The molecular weight excluding hydrogens is 246 g/mol. The molecule has 5 nitrogen and oxygen atoms in total. The Kier molecular flexibility index (Phi) is 6.02. The van der Waals surface area contributed by atoms with Crippen molar-refractivity contribution in [2.24, 2.45) is 0 Å². The van der Waals surface area contributed by atoms with Crippen LogP contribution in [0.1, 0.15) is 31.4 Å². The summed E-state index contributed by atoms with van der Waals surface area (Å²) >= 11 is 0. The summed E-state index contributed by atoms with van der Waals surface area (Å²) in [5, 5.41) is 11.5. The minimum atomic E-state index is -1.03. The van der Waals surface area contributed by atoms with E-state index in [2.05, 4.69) is 5.32 Å². The fraction of sp³-hybridized carbons (Fsp3) is 0.429. The molecule has 2 atom stereocenters. The maximum absolute atomic E-state index is 12.1. The van der Waals surface area contributed by atoms with Crippen molar-refractivity contribution in [3.63, 3.8) is 0 Å². The molecule has 1 unspecified atom stereocenters. The smallest absolute Gasteiger partial charge is 0.326 e. The van der Waals surface area contributed by atoms with E-state index in [0.717, 1.165) is 0 Å². The molecule has 104 valence electrons. The molecule has 0 fully saturated rings. The van der Waals surface area contributed by atoms with E-state index in [4.69, 9.17) is 9.84 Å².